The second kappa shape index (κ2) is 8.02. The van der Waals surface area contributed by atoms with Crippen molar-refractivity contribution in [3.63, 3.8) is 0 Å². The van der Waals surface area contributed by atoms with Crippen molar-refractivity contribution < 1.29 is 14.5 Å². The van der Waals surface area contributed by atoms with Gasteiger partial charge in [-0.25, -0.2) is 0 Å². The van der Waals surface area contributed by atoms with Gasteiger partial charge in [0.25, 0.3) is 17.5 Å². The number of fused-ring (bicyclic) bond motifs is 1. The fraction of sp³-hybridized carbons (Fsp3) is 0.154. The molecule has 7 nitrogen and oxygen atoms in total. The minimum atomic E-state index is -0.485. The summed E-state index contributed by atoms with van der Waals surface area (Å²) in [6, 6.07) is 21.3. The van der Waals surface area contributed by atoms with Gasteiger partial charge in [0.1, 0.15) is 5.70 Å². The van der Waals surface area contributed by atoms with Crippen LogP contribution in [0.1, 0.15) is 22.3 Å². The molecule has 2 aliphatic rings. The summed E-state index contributed by atoms with van der Waals surface area (Å²) in [7, 11) is 0. The van der Waals surface area contributed by atoms with Crippen molar-refractivity contribution in [2.75, 3.05) is 11.4 Å². The highest BCUT2D eigenvalue weighted by atomic mass is 16.6. The van der Waals surface area contributed by atoms with Gasteiger partial charge in [0, 0.05) is 24.4 Å². The Kier molecular flexibility index (Phi) is 5.01. The number of hydrogen-bond acceptors (Lipinski definition) is 5. The van der Waals surface area contributed by atoms with Crippen LogP contribution in [0.15, 0.2) is 78.5 Å². The van der Waals surface area contributed by atoms with Crippen LogP contribution in [0, 0.1) is 17.0 Å². The van der Waals surface area contributed by atoms with Gasteiger partial charge in [-0.1, -0.05) is 48.0 Å². The van der Waals surface area contributed by atoms with E-state index in [0.29, 0.717) is 17.8 Å². The lowest BCUT2D eigenvalue weighted by Gasteiger charge is -2.22. The van der Waals surface area contributed by atoms with Crippen molar-refractivity contribution in [2.45, 2.75) is 19.9 Å². The zero-order chi connectivity index (χ0) is 23.1. The number of nitro benzene ring substituents is 1. The van der Waals surface area contributed by atoms with E-state index in [4.69, 9.17) is 0 Å². The minimum Gasteiger partial charge on any atom is -0.336 e. The lowest BCUT2D eigenvalue weighted by molar-refractivity contribution is -0.384. The molecule has 0 unspecified atom stereocenters. The summed E-state index contributed by atoms with van der Waals surface area (Å²) in [6.07, 6.45) is 0.770. The Morgan fingerprint density at radius 1 is 0.909 bits per heavy atom. The number of imide groups is 1. The molecular weight excluding hydrogens is 418 g/mol. The molecule has 0 saturated heterocycles. The number of amides is 2. The average molecular weight is 439 g/mol. The van der Waals surface area contributed by atoms with Crippen molar-refractivity contribution in [2.24, 2.45) is 0 Å². The van der Waals surface area contributed by atoms with Gasteiger partial charge in [-0.2, -0.15) is 0 Å². The van der Waals surface area contributed by atoms with Crippen LogP contribution in [-0.4, -0.2) is 28.2 Å². The van der Waals surface area contributed by atoms with Crippen molar-refractivity contribution in [1.29, 1.82) is 0 Å². The van der Waals surface area contributed by atoms with Gasteiger partial charge in [-0.05, 0) is 48.2 Å². The van der Waals surface area contributed by atoms with E-state index in [-0.39, 0.29) is 23.7 Å². The van der Waals surface area contributed by atoms with Crippen LogP contribution in [-0.2, 0) is 22.6 Å². The second-order valence-electron chi connectivity index (χ2n) is 8.24. The molecule has 0 saturated carbocycles. The minimum absolute atomic E-state index is 0.0688. The van der Waals surface area contributed by atoms with Crippen LogP contribution < -0.4 is 4.90 Å². The number of benzene rings is 3. The Labute approximate surface area is 190 Å². The van der Waals surface area contributed by atoms with E-state index in [1.807, 2.05) is 60.4 Å². The summed E-state index contributed by atoms with van der Waals surface area (Å²) in [5, 5.41) is 11.1. The van der Waals surface area contributed by atoms with Gasteiger partial charge in [0.15, 0.2) is 0 Å². The zero-order valence-corrected chi connectivity index (χ0v) is 18.0. The zero-order valence-electron chi connectivity index (χ0n) is 18.0. The highest BCUT2D eigenvalue weighted by molar-refractivity contribution is 6.36. The Morgan fingerprint density at radius 2 is 1.61 bits per heavy atom. The third-order valence-corrected chi connectivity index (χ3v) is 6.13. The fourth-order valence-electron chi connectivity index (χ4n) is 4.41. The van der Waals surface area contributed by atoms with Crippen LogP contribution in [0.3, 0.4) is 0 Å². The van der Waals surface area contributed by atoms with Gasteiger partial charge in [-0.15, -0.1) is 0 Å². The molecule has 3 aromatic rings. The fourth-order valence-corrected chi connectivity index (χ4v) is 4.41. The maximum absolute atomic E-state index is 13.6. The molecule has 0 spiro atoms. The van der Waals surface area contributed by atoms with Crippen molar-refractivity contribution in [3.8, 4) is 0 Å². The van der Waals surface area contributed by atoms with Gasteiger partial charge in [-0.3, -0.25) is 24.6 Å². The predicted molar refractivity (Wildman–Crippen MR) is 124 cm³/mol. The number of carbonyl (C=O) groups excluding carboxylic acids is 2. The molecule has 3 aromatic carbocycles. The quantitative estimate of drug-likeness (QED) is 0.337. The van der Waals surface area contributed by atoms with Crippen LogP contribution in [0.4, 0.5) is 11.4 Å². The number of hydrogen-bond donors (Lipinski definition) is 0. The second-order valence-corrected chi connectivity index (χ2v) is 8.24. The summed E-state index contributed by atoms with van der Waals surface area (Å²) in [5.41, 5.74) is 5.00. The Hall–Kier alpha value is -4.26. The van der Waals surface area contributed by atoms with Crippen LogP contribution in [0.25, 0.3) is 5.57 Å². The molecule has 0 fully saturated rings. The monoisotopic (exact) mass is 439 g/mol. The first-order valence-corrected chi connectivity index (χ1v) is 10.7. The third kappa shape index (κ3) is 3.57. The molecule has 2 aliphatic heterocycles. The normalized spacial score (nSPS) is 15.4. The first kappa shape index (κ1) is 20.6. The maximum atomic E-state index is 13.6. The van der Waals surface area contributed by atoms with Gasteiger partial charge < -0.3 is 4.90 Å². The topological polar surface area (TPSA) is 83.8 Å². The number of para-hydroxylation sites is 1. The molecule has 0 atom stereocenters. The molecule has 164 valence electrons. The summed E-state index contributed by atoms with van der Waals surface area (Å²) in [6.45, 7) is 2.73. The van der Waals surface area contributed by atoms with Gasteiger partial charge in [0.2, 0.25) is 0 Å². The molecule has 0 aromatic heterocycles. The van der Waals surface area contributed by atoms with E-state index in [9.17, 15) is 19.7 Å². The number of rotatable bonds is 5. The summed E-state index contributed by atoms with van der Waals surface area (Å²) < 4.78 is 0. The Balaban J connectivity index is 1.59. The molecule has 0 N–H and O–H groups in total. The van der Waals surface area contributed by atoms with Gasteiger partial charge >= 0.3 is 0 Å². The summed E-state index contributed by atoms with van der Waals surface area (Å²) in [5.74, 6) is -0.751. The molecule has 2 heterocycles. The lowest BCUT2D eigenvalue weighted by Crippen LogP contribution is -2.34. The molecule has 0 radical (unpaired) electrons. The van der Waals surface area contributed by atoms with E-state index >= 15 is 0 Å². The molecular formula is C26H21N3O4. The number of carbonyl (C=O) groups is 2. The highest BCUT2D eigenvalue weighted by Gasteiger charge is 2.43. The largest absolute Gasteiger partial charge is 0.336 e. The Bertz CT molecular complexity index is 1310. The summed E-state index contributed by atoms with van der Waals surface area (Å²) >= 11 is 0. The molecule has 0 bridgehead atoms. The third-order valence-electron chi connectivity index (χ3n) is 6.13. The molecule has 0 aliphatic carbocycles. The number of aryl methyl sites for hydroxylation is 1. The SMILES string of the molecule is Cc1ccc(CN2C(=O)C(c3ccc([N+](=O)[O-])cc3)=C(N3CCc4ccccc43)C2=O)cc1. The lowest BCUT2D eigenvalue weighted by atomic mass is 10.0. The number of nitrogens with zero attached hydrogens (tertiary/aromatic N) is 3. The molecule has 2 amide bonds. The standard InChI is InChI=1S/C26H21N3O4/c1-17-6-8-18(9-7-17)16-28-25(30)23(20-10-12-21(13-11-20)29(32)33)24(26(28)31)27-15-14-19-4-2-3-5-22(19)27/h2-13H,14-16H2,1H3. The maximum Gasteiger partial charge on any atom is 0.278 e. The van der Waals surface area contributed by atoms with Gasteiger partial charge in [0.05, 0.1) is 17.0 Å². The number of anilines is 1. The molecule has 5 rings (SSSR count). The molecule has 33 heavy (non-hydrogen) atoms. The van der Waals surface area contributed by atoms with Crippen LogP contribution >= 0.6 is 0 Å². The first-order valence-electron chi connectivity index (χ1n) is 10.7. The highest BCUT2D eigenvalue weighted by Crippen LogP contribution is 2.39. The predicted octanol–water partition coefficient (Wildman–Crippen LogP) is 4.25. The van der Waals surface area contributed by atoms with Crippen molar-refractivity contribution in [1.82, 2.24) is 4.90 Å². The number of non-ortho nitro benzene ring substituents is 1. The van der Waals surface area contributed by atoms with Crippen LogP contribution in [0.5, 0.6) is 0 Å². The van der Waals surface area contributed by atoms with E-state index in [1.165, 1.54) is 29.2 Å². The van der Waals surface area contributed by atoms with Crippen molar-refractivity contribution in [3.05, 3.63) is 111 Å². The van der Waals surface area contributed by atoms with Crippen molar-refractivity contribution >= 4 is 28.8 Å². The number of nitro groups is 1. The Morgan fingerprint density at radius 3 is 2.30 bits per heavy atom. The van der Waals surface area contributed by atoms with Crippen LogP contribution in [0.2, 0.25) is 0 Å². The molecule has 7 heteroatoms. The van der Waals surface area contributed by atoms with E-state index < -0.39 is 10.8 Å². The van der Waals surface area contributed by atoms with E-state index in [2.05, 4.69) is 0 Å². The summed E-state index contributed by atoms with van der Waals surface area (Å²) in [4.78, 5) is 41.0. The first-order chi connectivity index (χ1) is 15.9. The smallest absolute Gasteiger partial charge is 0.278 e. The van der Waals surface area contributed by atoms with E-state index in [1.54, 1.807) is 0 Å². The average Bonchev–Trinajstić information content (AvgIpc) is 3.34. The van der Waals surface area contributed by atoms with E-state index in [0.717, 1.165) is 28.8 Å².